The molecule has 1 aromatic heterocycles. The Morgan fingerprint density at radius 1 is 1.28 bits per heavy atom. The van der Waals surface area contributed by atoms with E-state index in [4.69, 9.17) is 5.84 Å². The van der Waals surface area contributed by atoms with Crippen molar-refractivity contribution < 1.29 is 0 Å². The van der Waals surface area contributed by atoms with Crippen molar-refractivity contribution in [3.63, 3.8) is 0 Å². The van der Waals surface area contributed by atoms with Crippen LogP contribution in [-0.4, -0.2) is 4.98 Å². The summed E-state index contributed by atoms with van der Waals surface area (Å²) in [5.74, 6) is 6.29. The predicted molar refractivity (Wildman–Crippen MR) is 71.8 cm³/mol. The van der Waals surface area contributed by atoms with Crippen LogP contribution in [0.3, 0.4) is 0 Å². The summed E-state index contributed by atoms with van der Waals surface area (Å²) in [5, 5.41) is 0. The number of nitrogens with two attached hydrogens (primary N) is 1. The van der Waals surface area contributed by atoms with E-state index < -0.39 is 0 Å². The lowest BCUT2D eigenvalue weighted by molar-refractivity contribution is 0.434. The molecule has 92 valence electrons. The Balaban J connectivity index is 1.74. The molecule has 3 nitrogen and oxygen atoms in total. The van der Waals surface area contributed by atoms with Crippen molar-refractivity contribution in [1.29, 1.82) is 0 Å². The van der Waals surface area contributed by atoms with Crippen LogP contribution in [0.1, 0.15) is 35.1 Å². The third-order valence-corrected chi connectivity index (χ3v) is 3.77. The molecule has 3 rings (SSSR count). The van der Waals surface area contributed by atoms with Gasteiger partial charge in [-0.1, -0.05) is 30.3 Å². The molecule has 1 aliphatic carbocycles. The van der Waals surface area contributed by atoms with Crippen molar-refractivity contribution in [2.75, 3.05) is 0 Å². The Labute approximate surface area is 107 Å². The molecule has 0 amide bonds. The van der Waals surface area contributed by atoms with Crippen molar-refractivity contribution in [3.05, 3.63) is 65.5 Å². The first-order valence-corrected chi connectivity index (χ1v) is 6.32. The van der Waals surface area contributed by atoms with Gasteiger partial charge in [-0.25, -0.2) is 0 Å². The molecule has 0 fully saturated rings. The topological polar surface area (TPSA) is 50.9 Å². The smallest absolute Gasteiger partial charge is 0.0481 e. The molecule has 0 bridgehead atoms. The summed E-state index contributed by atoms with van der Waals surface area (Å²) < 4.78 is 0. The fourth-order valence-electron chi connectivity index (χ4n) is 2.74. The summed E-state index contributed by atoms with van der Waals surface area (Å²) in [7, 11) is 0. The number of benzene rings is 1. The van der Waals surface area contributed by atoms with E-state index in [1.165, 1.54) is 11.1 Å². The monoisotopic (exact) mass is 239 g/mol. The standard InChI is InChI=1S/C15H17N3/c16-18-15(12-5-3-7-17-10-12)9-13-8-11-4-1-2-6-14(11)13/h1-7,10,13,15,18H,8-9,16H2. The van der Waals surface area contributed by atoms with E-state index in [-0.39, 0.29) is 6.04 Å². The van der Waals surface area contributed by atoms with Crippen LogP contribution < -0.4 is 11.3 Å². The maximum atomic E-state index is 5.67. The molecular formula is C15H17N3. The summed E-state index contributed by atoms with van der Waals surface area (Å²) in [4.78, 5) is 4.15. The first-order chi connectivity index (χ1) is 8.88. The van der Waals surface area contributed by atoms with E-state index in [2.05, 4.69) is 40.7 Å². The van der Waals surface area contributed by atoms with Crippen molar-refractivity contribution in [3.8, 4) is 0 Å². The third kappa shape index (κ3) is 2.03. The molecule has 0 saturated heterocycles. The highest BCUT2D eigenvalue weighted by molar-refractivity contribution is 5.40. The van der Waals surface area contributed by atoms with Crippen molar-refractivity contribution in [2.24, 2.45) is 5.84 Å². The molecule has 1 aliphatic rings. The predicted octanol–water partition coefficient (Wildman–Crippen LogP) is 2.32. The van der Waals surface area contributed by atoms with Gasteiger partial charge in [0.15, 0.2) is 0 Å². The first-order valence-electron chi connectivity index (χ1n) is 6.32. The highest BCUT2D eigenvalue weighted by atomic mass is 15.2. The van der Waals surface area contributed by atoms with E-state index in [0.29, 0.717) is 5.92 Å². The largest absolute Gasteiger partial charge is 0.271 e. The van der Waals surface area contributed by atoms with Gasteiger partial charge in [0, 0.05) is 18.4 Å². The molecule has 2 aromatic rings. The minimum absolute atomic E-state index is 0.178. The molecule has 1 aromatic carbocycles. The Morgan fingerprint density at radius 2 is 2.17 bits per heavy atom. The number of hydrogen-bond acceptors (Lipinski definition) is 3. The normalized spacial score (nSPS) is 18.8. The maximum absolute atomic E-state index is 5.67. The van der Waals surface area contributed by atoms with Gasteiger partial charge in [0.25, 0.3) is 0 Å². The zero-order chi connectivity index (χ0) is 12.4. The van der Waals surface area contributed by atoms with Gasteiger partial charge in [-0.3, -0.25) is 16.3 Å². The summed E-state index contributed by atoms with van der Waals surface area (Å²) in [6, 6.07) is 12.9. The van der Waals surface area contributed by atoms with Crippen LogP contribution in [0.15, 0.2) is 48.8 Å². The van der Waals surface area contributed by atoms with Crippen LogP contribution in [0.2, 0.25) is 0 Å². The minimum Gasteiger partial charge on any atom is -0.271 e. The molecule has 0 saturated carbocycles. The van der Waals surface area contributed by atoms with E-state index in [1.54, 1.807) is 6.20 Å². The molecule has 0 spiro atoms. The highest BCUT2D eigenvalue weighted by Crippen LogP contribution is 2.40. The third-order valence-electron chi connectivity index (χ3n) is 3.77. The van der Waals surface area contributed by atoms with Crippen LogP contribution in [0.4, 0.5) is 0 Å². The van der Waals surface area contributed by atoms with Gasteiger partial charge in [0.1, 0.15) is 0 Å². The number of nitrogens with zero attached hydrogens (tertiary/aromatic N) is 1. The van der Waals surface area contributed by atoms with Gasteiger partial charge in [-0.2, -0.15) is 0 Å². The number of nitrogens with one attached hydrogen (secondary N) is 1. The Kier molecular flexibility index (Phi) is 3.09. The Morgan fingerprint density at radius 3 is 2.89 bits per heavy atom. The van der Waals surface area contributed by atoms with Gasteiger partial charge in [0.05, 0.1) is 0 Å². The number of aromatic nitrogens is 1. The van der Waals surface area contributed by atoms with Crippen LogP contribution >= 0.6 is 0 Å². The number of hydrogen-bond donors (Lipinski definition) is 2. The lowest BCUT2D eigenvalue weighted by atomic mass is 9.74. The van der Waals surface area contributed by atoms with Crippen LogP contribution in [0.25, 0.3) is 0 Å². The average Bonchev–Trinajstić information content (AvgIpc) is 2.41. The second kappa shape index (κ2) is 4.88. The van der Waals surface area contributed by atoms with Crippen molar-refractivity contribution in [1.82, 2.24) is 10.4 Å². The fraction of sp³-hybridized carbons (Fsp3) is 0.267. The number of fused-ring (bicyclic) bond motifs is 1. The molecule has 2 unspecified atom stereocenters. The summed E-state index contributed by atoms with van der Waals surface area (Å²) in [6.45, 7) is 0. The molecule has 2 atom stereocenters. The molecule has 18 heavy (non-hydrogen) atoms. The Bertz CT molecular complexity index is 524. The van der Waals surface area contributed by atoms with E-state index in [0.717, 1.165) is 18.4 Å². The quantitative estimate of drug-likeness (QED) is 0.636. The SMILES string of the molecule is NNC(CC1Cc2ccccc21)c1cccnc1. The molecule has 0 radical (unpaired) electrons. The number of rotatable bonds is 4. The maximum Gasteiger partial charge on any atom is 0.0481 e. The van der Waals surface area contributed by atoms with E-state index in [1.807, 2.05) is 12.3 Å². The average molecular weight is 239 g/mol. The second-order valence-corrected chi connectivity index (χ2v) is 4.84. The molecule has 1 heterocycles. The first kappa shape index (κ1) is 11.4. The summed E-state index contributed by atoms with van der Waals surface area (Å²) in [5.41, 5.74) is 7.02. The zero-order valence-electron chi connectivity index (χ0n) is 10.2. The summed E-state index contributed by atoms with van der Waals surface area (Å²) in [6.07, 6.45) is 5.86. The molecule has 3 heteroatoms. The highest BCUT2D eigenvalue weighted by Gasteiger charge is 2.28. The van der Waals surface area contributed by atoms with Crippen molar-refractivity contribution >= 4 is 0 Å². The van der Waals surface area contributed by atoms with Crippen molar-refractivity contribution in [2.45, 2.75) is 24.8 Å². The van der Waals surface area contributed by atoms with E-state index in [9.17, 15) is 0 Å². The number of pyridine rings is 1. The van der Waals surface area contributed by atoms with Crippen LogP contribution in [-0.2, 0) is 6.42 Å². The lowest BCUT2D eigenvalue weighted by Gasteiger charge is -2.33. The van der Waals surface area contributed by atoms with Gasteiger partial charge in [-0.15, -0.1) is 0 Å². The van der Waals surface area contributed by atoms with Gasteiger partial charge in [0.2, 0.25) is 0 Å². The Hall–Kier alpha value is -1.71. The number of hydrazine groups is 1. The second-order valence-electron chi connectivity index (χ2n) is 4.84. The van der Waals surface area contributed by atoms with Gasteiger partial charge < -0.3 is 0 Å². The van der Waals surface area contributed by atoms with Gasteiger partial charge >= 0.3 is 0 Å². The molecular weight excluding hydrogens is 222 g/mol. The molecule has 3 N–H and O–H groups in total. The fourth-order valence-corrected chi connectivity index (χ4v) is 2.74. The lowest BCUT2D eigenvalue weighted by Crippen LogP contribution is -2.31. The summed E-state index contributed by atoms with van der Waals surface area (Å²) >= 11 is 0. The van der Waals surface area contributed by atoms with Crippen LogP contribution in [0.5, 0.6) is 0 Å². The van der Waals surface area contributed by atoms with Gasteiger partial charge in [-0.05, 0) is 41.5 Å². The zero-order valence-corrected chi connectivity index (χ0v) is 10.2. The van der Waals surface area contributed by atoms with Crippen LogP contribution in [0, 0.1) is 0 Å². The minimum atomic E-state index is 0.178. The molecule has 0 aliphatic heterocycles. The van der Waals surface area contributed by atoms with E-state index >= 15 is 0 Å².